The number of carbonyl (C=O) groups is 2. The first-order chi connectivity index (χ1) is 9.42. The molecular formula is C13H20N4O2S. The van der Waals surface area contributed by atoms with E-state index < -0.39 is 0 Å². The molecule has 1 heterocycles. The molecule has 0 bridgehead atoms. The van der Waals surface area contributed by atoms with Crippen molar-refractivity contribution in [3.63, 3.8) is 0 Å². The number of carbonyl (C=O) groups excluding carboxylic acids is 2. The fourth-order valence-electron chi connectivity index (χ4n) is 1.57. The standard InChI is InChI=1S/C13H20N4O2S/c1-5-6-16-12(19)10-9(14)8(11(18)15-4)13(20-10)17-7(2)3/h5,7,17H,1,6,14H2,2-4H3,(H,15,18)(H,16,19). The van der Waals surface area contributed by atoms with Crippen molar-refractivity contribution in [2.75, 3.05) is 24.6 Å². The predicted octanol–water partition coefficient (Wildman–Crippen LogP) is 1.43. The van der Waals surface area contributed by atoms with Crippen LogP contribution >= 0.6 is 11.3 Å². The fraction of sp³-hybridized carbons (Fsp3) is 0.385. The highest BCUT2D eigenvalue weighted by Crippen LogP contribution is 2.36. The smallest absolute Gasteiger partial charge is 0.263 e. The largest absolute Gasteiger partial charge is 0.397 e. The first-order valence-corrected chi connectivity index (χ1v) is 7.04. The molecule has 0 saturated carbocycles. The normalized spacial score (nSPS) is 10.2. The van der Waals surface area contributed by atoms with E-state index in [4.69, 9.17) is 5.73 Å². The van der Waals surface area contributed by atoms with Crippen molar-refractivity contribution in [1.82, 2.24) is 10.6 Å². The molecule has 0 spiro atoms. The van der Waals surface area contributed by atoms with Gasteiger partial charge in [0.25, 0.3) is 11.8 Å². The minimum atomic E-state index is -0.315. The van der Waals surface area contributed by atoms with Gasteiger partial charge in [-0.3, -0.25) is 9.59 Å². The molecule has 0 aliphatic rings. The summed E-state index contributed by atoms with van der Waals surface area (Å²) >= 11 is 1.17. The summed E-state index contributed by atoms with van der Waals surface area (Å²) in [5, 5.41) is 8.92. The van der Waals surface area contributed by atoms with Crippen LogP contribution in [0.3, 0.4) is 0 Å². The Kier molecular flexibility index (Phi) is 5.57. The van der Waals surface area contributed by atoms with E-state index in [9.17, 15) is 9.59 Å². The molecule has 110 valence electrons. The highest BCUT2D eigenvalue weighted by molar-refractivity contribution is 7.19. The van der Waals surface area contributed by atoms with Crippen molar-refractivity contribution in [2.24, 2.45) is 0 Å². The minimum absolute atomic E-state index is 0.126. The highest BCUT2D eigenvalue weighted by Gasteiger charge is 2.25. The van der Waals surface area contributed by atoms with Crippen LogP contribution in [-0.2, 0) is 0 Å². The van der Waals surface area contributed by atoms with Gasteiger partial charge in [-0.05, 0) is 13.8 Å². The molecule has 0 aliphatic heterocycles. The van der Waals surface area contributed by atoms with Crippen LogP contribution in [0.5, 0.6) is 0 Å². The molecule has 5 N–H and O–H groups in total. The molecule has 0 saturated heterocycles. The van der Waals surface area contributed by atoms with E-state index in [2.05, 4.69) is 22.5 Å². The van der Waals surface area contributed by atoms with Crippen LogP contribution in [0.15, 0.2) is 12.7 Å². The zero-order valence-electron chi connectivity index (χ0n) is 11.9. The maximum Gasteiger partial charge on any atom is 0.263 e. The van der Waals surface area contributed by atoms with Gasteiger partial charge in [-0.1, -0.05) is 6.08 Å². The Morgan fingerprint density at radius 1 is 1.40 bits per heavy atom. The third-order valence-electron chi connectivity index (χ3n) is 2.43. The second-order valence-corrected chi connectivity index (χ2v) is 5.45. The van der Waals surface area contributed by atoms with Crippen molar-refractivity contribution in [3.8, 4) is 0 Å². The maximum absolute atomic E-state index is 12.0. The second-order valence-electron chi connectivity index (χ2n) is 4.43. The van der Waals surface area contributed by atoms with E-state index >= 15 is 0 Å². The molecule has 0 aliphatic carbocycles. The summed E-state index contributed by atoms with van der Waals surface area (Å²) in [5.74, 6) is -0.626. The number of hydrogen-bond donors (Lipinski definition) is 4. The van der Waals surface area contributed by atoms with Crippen LogP contribution in [0.4, 0.5) is 10.7 Å². The lowest BCUT2D eigenvalue weighted by Gasteiger charge is -2.09. The molecule has 0 atom stereocenters. The van der Waals surface area contributed by atoms with Crippen molar-refractivity contribution >= 4 is 33.8 Å². The number of amides is 2. The van der Waals surface area contributed by atoms with Gasteiger partial charge >= 0.3 is 0 Å². The average Bonchev–Trinajstić information content (AvgIpc) is 2.71. The number of nitrogen functional groups attached to an aromatic ring is 1. The van der Waals surface area contributed by atoms with Crippen LogP contribution in [0.2, 0.25) is 0 Å². The Hall–Kier alpha value is -2.02. The molecule has 0 radical (unpaired) electrons. The lowest BCUT2D eigenvalue weighted by molar-refractivity contribution is 0.0960. The first-order valence-electron chi connectivity index (χ1n) is 6.22. The second kappa shape index (κ2) is 6.95. The first kappa shape index (κ1) is 16.0. The zero-order valence-corrected chi connectivity index (χ0v) is 12.7. The van der Waals surface area contributed by atoms with Crippen LogP contribution in [0.25, 0.3) is 0 Å². The van der Waals surface area contributed by atoms with E-state index in [-0.39, 0.29) is 23.5 Å². The molecule has 20 heavy (non-hydrogen) atoms. The number of hydrogen-bond acceptors (Lipinski definition) is 5. The van der Waals surface area contributed by atoms with E-state index in [0.717, 1.165) is 0 Å². The van der Waals surface area contributed by atoms with Gasteiger partial charge in [0.15, 0.2) is 0 Å². The van der Waals surface area contributed by atoms with Crippen LogP contribution in [0, 0.1) is 0 Å². The maximum atomic E-state index is 12.0. The van der Waals surface area contributed by atoms with Crippen molar-refractivity contribution in [1.29, 1.82) is 0 Å². The molecule has 1 rings (SSSR count). The summed E-state index contributed by atoms with van der Waals surface area (Å²) in [6, 6.07) is 0.126. The van der Waals surface area contributed by atoms with Gasteiger partial charge < -0.3 is 21.7 Å². The number of anilines is 2. The lowest BCUT2D eigenvalue weighted by Crippen LogP contribution is -2.24. The molecule has 7 heteroatoms. The summed E-state index contributed by atoms with van der Waals surface area (Å²) in [4.78, 5) is 24.2. The molecule has 0 fully saturated rings. The summed E-state index contributed by atoms with van der Waals surface area (Å²) in [6.07, 6.45) is 1.58. The van der Waals surface area contributed by atoms with E-state index in [1.807, 2.05) is 13.8 Å². The molecule has 0 aromatic carbocycles. The minimum Gasteiger partial charge on any atom is -0.397 e. The van der Waals surface area contributed by atoms with Gasteiger partial charge in [0, 0.05) is 19.6 Å². The molecule has 1 aromatic heterocycles. The van der Waals surface area contributed by atoms with E-state index in [1.165, 1.54) is 18.4 Å². The van der Waals surface area contributed by atoms with Gasteiger partial charge in [-0.15, -0.1) is 17.9 Å². The number of nitrogens with one attached hydrogen (secondary N) is 3. The quantitative estimate of drug-likeness (QED) is 0.597. The lowest BCUT2D eigenvalue weighted by atomic mass is 10.2. The molecular weight excluding hydrogens is 276 g/mol. The summed E-state index contributed by atoms with van der Waals surface area (Å²) in [5.41, 5.74) is 6.46. The van der Waals surface area contributed by atoms with Crippen LogP contribution in [-0.4, -0.2) is 31.4 Å². The summed E-state index contributed by atoms with van der Waals surface area (Å²) in [6.45, 7) is 7.77. The number of thiophene rings is 1. The summed E-state index contributed by atoms with van der Waals surface area (Å²) in [7, 11) is 1.52. The van der Waals surface area contributed by atoms with Gasteiger partial charge in [0.1, 0.15) is 9.88 Å². The third-order valence-corrected chi connectivity index (χ3v) is 3.57. The summed E-state index contributed by atoms with van der Waals surface area (Å²) < 4.78 is 0. The Bertz CT molecular complexity index is 523. The molecule has 6 nitrogen and oxygen atoms in total. The Morgan fingerprint density at radius 2 is 2.05 bits per heavy atom. The Labute approximate surface area is 122 Å². The van der Waals surface area contributed by atoms with Crippen LogP contribution in [0.1, 0.15) is 33.9 Å². The van der Waals surface area contributed by atoms with Crippen LogP contribution < -0.4 is 21.7 Å². The Morgan fingerprint density at radius 3 is 2.55 bits per heavy atom. The number of nitrogens with two attached hydrogens (primary N) is 1. The van der Waals surface area contributed by atoms with E-state index in [1.54, 1.807) is 6.08 Å². The van der Waals surface area contributed by atoms with Crippen molar-refractivity contribution in [2.45, 2.75) is 19.9 Å². The van der Waals surface area contributed by atoms with Gasteiger partial charge in [-0.2, -0.15) is 0 Å². The van der Waals surface area contributed by atoms with Crippen molar-refractivity contribution < 1.29 is 9.59 Å². The van der Waals surface area contributed by atoms with E-state index in [0.29, 0.717) is 22.0 Å². The van der Waals surface area contributed by atoms with Crippen molar-refractivity contribution in [3.05, 3.63) is 23.1 Å². The SMILES string of the molecule is C=CCNC(=O)c1sc(NC(C)C)c(C(=O)NC)c1N. The zero-order chi connectivity index (χ0) is 15.3. The average molecular weight is 296 g/mol. The number of rotatable bonds is 6. The third kappa shape index (κ3) is 3.51. The molecule has 1 aromatic rings. The fourth-order valence-corrected chi connectivity index (χ4v) is 2.75. The molecule has 0 unspecified atom stereocenters. The Balaban J connectivity index is 3.20. The van der Waals surface area contributed by atoms with Gasteiger partial charge in [0.2, 0.25) is 0 Å². The molecule has 2 amide bonds. The predicted molar refractivity (Wildman–Crippen MR) is 83.4 cm³/mol. The van der Waals surface area contributed by atoms with Gasteiger partial charge in [-0.25, -0.2) is 0 Å². The van der Waals surface area contributed by atoms with Gasteiger partial charge in [0.05, 0.1) is 11.3 Å². The highest BCUT2D eigenvalue weighted by atomic mass is 32.1. The topological polar surface area (TPSA) is 96.2 Å². The monoisotopic (exact) mass is 296 g/mol.